The van der Waals surface area contributed by atoms with Crippen LogP contribution in [-0.4, -0.2) is 42.7 Å². The van der Waals surface area contributed by atoms with Gasteiger partial charge in [0.05, 0.1) is 12.7 Å². The minimum Gasteiger partial charge on any atom is -0.481 e. The third-order valence-electron chi connectivity index (χ3n) is 4.34. The molecule has 1 heterocycles. The summed E-state index contributed by atoms with van der Waals surface area (Å²) in [6, 6.07) is 8.84. The number of unbranched alkanes of at least 4 members (excludes halogenated alkanes) is 1. The van der Waals surface area contributed by atoms with Crippen molar-refractivity contribution in [3.05, 3.63) is 42.5 Å². The van der Waals surface area contributed by atoms with Gasteiger partial charge in [-0.3, -0.25) is 10.2 Å². The van der Waals surface area contributed by atoms with Gasteiger partial charge in [-0.25, -0.2) is 10.2 Å². The Morgan fingerprint density at radius 3 is 2.79 bits per heavy atom. The number of urea groups is 1. The number of hydrazine groups is 1. The lowest BCUT2D eigenvalue weighted by atomic mass is 9.97. The van der Waals surface area contributed by atoms with Crippen LogP contribution in [0.2, 0.25) is 0 Å². The molecule has 28 heavy (non-hydrogen) atoms. The molecular formula is C20H29N3O5. The maximum Gasteiger partial charge on any atom is 0.333 e. The van der Waals surface area contributed by atoms with Crippen molar-refractivity contribution < 1.29 is 24.2 Å². The highest BCUT2D eigenvalue weighted by Gasteiger charge is 2.29. The van der Waals surface area contributed by atoms with E-state index in [4.69, 9.17) is 14.6 Å². The van der Waals surface area contributed by atoms with Crippen LogP contribution in [-0.2, 0) is 14.3 Å². The Morgan fingerprint density at radius 1 is 1.25 bits per heavy atom. The van der Waals surface area contributed by atoms with Crippen LogP contribution >= 0.6 is 0 Å². The number of anilines is 1. The molecule has 0 bridgehead atoms. The molecule has 1 aromatic carbocycles. The van der Waals surface area contributed by atoms with Gasteiger partial charge in [0.1, 0.15) is 0 Å². The molecule has 3 atom stereocenters. The monoisotopic (exact) mass is 391 g/mol. The Morgan fingerprint density at radius 2 is 2.04 bits per heavy atom. The zero-order chi connectivity index (χ0) is 20.2. The number of benzene rings is 1. The fourth-order valence-corrected chi connectivity index (χ4v) is 2.87. The van der Waals surface area contributed by atoms with Crippen LogP contribution in [0.1, 0.15) is 32.6 Å². The summed E-state index contributed by atoms with van der Waals surface area (Å²) < 4.78 is 11.4. The lowest BCUT2D eigenvalue weighted by Gasteiger charge is -2.35. The molecule has 1 aliphatic rings. The van der Waals surface area contributed by atoms with Crippen molar-refractivity contribution in [1.82, 2.24) is 10.9 Å². The number of para-hydroxylation sites is 1. The molecule has 0 aromatic heterocycles. The average molecular weight is 391 g/mol. The van der Waals surface area contributed by atoms with E-state index >= 15 is 0 Å². The molecule has 8 heteroatoms. The molecule has 8 nitrogen and oxygen atoms in total. The van der Waals surface area contributed by atoms with Gasteiger partial charge in [0.25, 0.3) is 0 Å². The largest absolute Gasteiger partial charge is 0.481 e. The van der Waals surface area contributed by atoms with Crippen LogP contribution in [0.25, 0.3) is 0 Å². The van der Waals surface area contributed by atoms with Gasteiger partial charge in [0.2, 0.25) is 0 Å². The summed E-state index contributed by atoms with van der Waals surface area (Å²) in [6.07, 6.45) is 5.95. The van der Waals surface area contributed by atoms with E-state index in [1.54, 1.807) is 0 Å². The molecule has 1 aliphatic heterocycles. The number of carbonyl (C=O) groups excluding carboxylic acids is 1. The van der Waals surface area contributed by atoms with Crippen molar-refractivity contribution in [3.8, 4) is 0 Å². The minimum atomic E-state index is -0.772. The van der Waals surface area contributed by atoms with E-state index in [1.807, 2.05) is 49.4 Å². The Bertz CT molecular complexity index is 638. The molecular weight excluding hydrogens is 362 g/mol. The molecule has 2 amide bonds. The van der Waals surface area contributed by atoms with Crippen LogP contribution in [0, 0.1) is 5.92 Å². The first-order valence-corrected chi connectivity index (χ1v) is 9.53. The minimum absolute atomic E-state index is 0.107. The number of carboxylic acid groups (broad SMARTS) is 1. The molecule has 2 rings (SSSR count). The molecule has 154 valence electrons. The molecule has 0 spiro atoms. The molecule has 1 saturated heterocycles. The molecule has 1 fully saturated rings. The Balaban J connectivity index is 1.71. The number of nitrogens with one attached hydrogen (secondary N) is 3. The van der Waals surface area contributed by atoms with Crippen molar-refractivity contribution in [3.63, 3.8) is 0 Å². The quantitative estimate of drug-likeness (QED) is 0.277. The van der Waals surface area contributed by atoms with Crippen molar-refractivity contribution in [2.75, 3.05) is 18.5 Å². The van der Waals surface area contributed by atoms with Gasteiger partial charge in [-0.1, -0.05) is 30.4 Å². The van der Waals surface area contributed by atoms with E-state index < -0.39 is 5.97 Å². The van der Waals surface area contributed by atoms with Crippen LogP contribution in [0.15, 0.2) is 42.5 Å². The molecule has 0 unspecified atom stereocenters. The summed E-state index contributed by atoms with van der Waals surface area (Å²) >= 11 is 0. The first-order chi connectivity index (χ1) is 13.5. The third-order valence-corrected chi connectivity index (χ3v) is 4.34. The van der Waals surface area contributed by atoms with E-state index in [0.717, 1.165) is 12.8 Å². The molecule has 0 radical (unpaired) electrons. The van der Waals surface area contributed by atoms with E-state index in [-0.39, 0.29) is 30.8 Å². The van der Waals surface area contributed by atoms with Gasteiger partial charge in [0.15, 0.2) is 6.29 Å². The molecule has 1 aromatic rings. The van der Waals surface area contributed by atoms with Crippen LogP contribution in [0.3, 0.4) is 0 Å². The summed E-state index contributed by atoms with van der Waals surface area (Å²) in [5.41, 5.74) is 6.24. The van der Waals surface area contributed by atoms with Crippen LogP contribution < -0.4 is 16.2 Å². The number of hydrogen-bond donors (Lipinski definition) is 4. The summed E-state index contributed by atoms with van der Waals surface area (Å²) in [4.78, 5) is 22.4. The number of allylic oxidation sites excluding steroid dienone is 2. The number of rotatable bonds is 10. The van der Waals surface area contributed by atoms with Crippen molar-refractivity contribution in [2.24, 2.45) is 5.92 Å². The first-order valence-electron chi connectivity index (χ1n) is 9.53. The normalized spacial score (nSPS) is 22.1. The Kier molecular flexibility index (Phi) is 9.47. The predicted octanol–water partition coefficient (Wildman–Crippen LogP) is 2.89. The standard InChI is InChI=1S/C20H29N3O5/c1-15-27-14-16(9-5-2-3-8-12-19(24)25)18(28-15)13-21-23-20(26)22-17-10-6-4-7-11-17/h2,4-7,10-11,15-16,18,21H,3,8-9,12-14H2,1H3,(H,24,25)(H2,22,23,26)/b5-2-/t15-,16+,18+/m1/s1. The second kappa shape index (κ2) is 12.1. The first kappa shape index (κ1) is 21.9. The second-order valence-corrected chi connectivity index (χ2v) is 6.65. The smallest absolute Gasteiger partial charge is 0.333 e. The van der Waals surface area contributed by atoms with E-state index in [1.165, 1.54) is 0 Å². The maximum atomic E-state index is 11.9. The number of hydrogen-bond acceptors (Lipinski definition) is 5. The van der Waals surface area contributed by atoms with Crippen molar-refractivity contribution in [1.29, 1.82) is 0 Å². The highest BCUT2D eigenvalue weighted by molar-refractivity contribution is 5.88. The molecule has 4 N–H and O–H groups in total. The number of carbonyl (C=O) groups is 2. The van der Waals surface area contributed by atoms with Gasteiger partial charge in [-0.05, 0) is 38.3 Å². The lowest BCUT2D eigenvalue weighted by molar-refractivity contribution is -0.225. The van der Waals surface area contributed by atoms with Crippen molar-refractivity contribution >= 4 is 17.7 Å². The fourth-order valence-electron chi connectivity index (χ4n) is 2.87. The number of aliphatic carboxylic acids is 1. The van der Waals surface area contributed by atoms with Crippen molar-refractivity contribution in [2.45, 2.75) is 45.0 Å². The number of amides is 2. The summed E-state index contributed by atoms with van der Waals surface area (Å²) in [7, 11) is 0. The molecule has 0 saturated carbocycles. The zero-order valence-electron chi connectivity index (χ0n) is 16.1. The predicted molar refractivity (Wildman–Crippen MR) is 106 cm³/mol. The summed E-state index contributed by atoms with van der Waals surface area (Å²) in [5.74, 6) is -0.621. The summed E-state index contributed by atoms with van der Waals surface area (Å²) in [5, 5.41) is 11.4. The topological polar surface area (TPSA) is 109 Å². The van der Waals surface area contributed by atoms with Crippen LogP contribution in [0.5, 0.6) is 0 Å². The summed E-state index contributed by atoms with van der Waals surface area (Å²) in [6.45, 7) is 2.87. The van der Waals surface area contributed by atoms with Gasteiger partial charge in [-0.15, -0.1) is 0 Å². The van der Waals surface area contributed by atoms with Gasteiger partial charge in [-0.2, -0.15) is 0 Å². The van der Waals surface area contributed by atoms with Gasteiger partial charge >= 0.3 is 12.0 Å². The highest BCUT2D eigenvalue weighted by atomic mass is 16.7. The van der Waals surface area contributed by atoms with Gasteiger partial charge < -0.3 is 19.9 Å². The van der Waals surface area contributed by atoms with Gasteiger partial charge in [0, 0.05) is 24.6 Å². The lowest BCUT2D eigenvalue weighted by Crippen LogP contribution is -2.49. The SMILES string of the molecule is C[C@@H]1OC[C@H](C/C=C\CCCC(=O)O)[C@H](CNNC(=O)Nc2ccccc2)O1. The zero-order valence-corrected chi connectivity index (χ0v) is 16.1. The second-order valence-electron chi connectivity index (χ2n) is 6.65. The maximum absolute atomic E-state index is 11.9. The van der Waals surface area contributed by atoms with E-state index in [9.17, 15) is 9.59 Å². The van der Waals surface area contributed by atoms with E-state index in [2.05, 4.69) is 16.2 Å². The highest BCUT2D eigenvalue weighted by Crippen LogP contribution is 2.21. The Hall–Kier alpha value is -2.42. The van der Waals surface area contributed by atoms with E-state index in [0.29, 0.717) is 25.3 Å². The average Bonchev–Trinajstić information content (AvgIpc) is 2.66. The molecule has 0 aliphatic carbocycles. The fraction of sp³-hybridized carbons (Fsp3) is 0.500. The Labute approximate surface area is 165 Å². The number of carboxylic acids is 1. The number of ether oxygens (including phenoxy) is 2. The third kappa shape index (κ3) is 8.51. The van der Waals surface area contributed by atoms with Crippen LogP contribution in [0.4, 0.5) is 10.5 Å².